The van der Waals surface area contributed by atoms with Crippen LogP contribution in [0.15, 0.2) is 54.6 Å². The second kappa shape index (κ2) is 20.0. The molecule has 0 unspecified atom stereocenters. The first-order valence-corrected chi connectivity index (χ1v) is 20.3. The van der Waals surface area contributed by atoms with Gasteiger partial charge in [-0.1, -0.05) is 68.8 Å². The number of carbonyl (C=O) groups excluding carboxylic acids is 4. The molecule has 2 amide bonds. The number of aliphatic carboxylic acids is 1. The topological polar surface area (TPSA) is 176 Å². The van der Waals surface area contributed by atoms with Crippen molar-refractivity contribution in [2.24, 2.45) is 17.3 Å². The Morgan fingerprint density at radius 2 is 1.66 bits per heavy atom. The van der Waals surface area contributed by atoms with Crippen LogP contribution in [-0.4, -0.2) is 115 Å². The molecule has 0 bridgehead atoms. The molecule has 3 heterocycles. The second-order valence-corrected chi connectivity index (χ2v) is 16.9. The predicted octanol–water partition coefficient (Wildman–Crippen LogP) is 4.33. The molecule has 0 aromatic heterocycles. The molecule has 2 aromatic rings. The van der Waals surface area contributed by atoms with Crippen molar-refractivity contribution in [1.29, 1.82) is 0 Å². The Balaban J connectivity index is 1.31. The summed E-state index contributed by atoms with van der Waals surface area (Å²) in [6.07, 6.45) is 0.992. The van der Waals surface area contributed by atoms with E-state index in [9.17, 15) is 24.0 Å². The summed E-state index contributed by atoms with van der Waals surface area (Å²) in [5.41, 5.74) is 1.57. The lowest BCUT2D eigenvalue weighted by molar-refractivity contribution is -0.179. The first kappa shape index (κ1) is 44.6. The average molecular weight is 825 g/mol. The Kier molecular flexibility index (Phi) is 15.4. The van der Waals surface area contributed by atoms with Gasteiger partial charge in [0.25, 0.3) is 0 Å². The van der Waals surface area contributed by atoms with Gasteiger partial charge in [-0.3, -0.25) is 29.0 Å². The van der Waals surface area contributed by atoms with Gasteiger partial charge < -0.3 is 34.7 Å². The molecule has 5 rings (SSSR count). The van der Waals surface area contributed by atoms with E-state index in [1.54, 1.807) is 38.1 Å². The number of epoxide rings is 1. The first-order valence-electron chi connectivity index (χ1n) is 19.9. The zero-order valence-corrected chi connectivity index (χ0v) is 35.0. The molecule has 0 spiro atoms. The van der Waals surface area contributed by atoms with Gasteiger partial charge in [0.15, 0.2) is 6.10 Å². The smallest absolute Gasteiger partial charge is 0.347 e. The van der Waals surface area contributed by atoms with Crippen LogP contribution in [0.5, 0.6) is 5.75 Å². The van der Waals surface area contributed by atoms with Crippen molar-refractivity contribution in [3.05, 3.63) is 76.3 Å². The van der Waals surface area contributed by atoms with Crippen LogP contribution >= 0.6 is 11.6 Å². The highest BCUT2D eigenvalue weighted by Gasteiger charge is 2.48. The molecule has 2 aromatic carbocycles. The summed E-state index contributed by atoms with van der Waals surface area (Å²) in [5.74, 6) is -3.06. The molecule has 316 valence electrons. The number of halogens is 1. The molecule has 58 heavy (non-hydrogen) atoms. The van der Waals surface area contributed by atoms with Gasteiger partial charge in [0.05, 0.1) is 30.2 Å². The number of nitrogens with zero attached hydrogens (tertiary/aromatic N) is 2. The highest BCUT2D eigenvalue weighted by Crippen LogP contribution is 2.45. The number of amides is 2. The number of hydrogen-bond acceptors (Lipinski definition) is 11. The standard InChI is InChI=1S/C43H57ClN4O10/c1-26(2)20-35-41(53)56-33(27(3)38-39(58-38)30-13-10-28(11-14-30)23-47-16-18-48(19-17-47)24-37(50)51)8-7-9-36(49)46-32(22-29-12-15-34(55-6)31(44)21-29)40(52)45-25-43(4,5)42(54)57-35/h7,9-15,21,26-27,32-33,35,38-39H,8,16-20,22-25H2,1-6H3,(H,45,52)(H,46,49)(H,50,51)/b9-7-/t27-,32+,33-,35-,38+,39+/m0/s1. The van der Waals surface area contributed by atoms with E-state index in [0.29, 0.717) is 29.4 Å². The Labute approximate surface area is 345 Å². The van der Waals surface area contributed by atoms with Gasteiger partial charge >= 0.3 is 17.9 Å². The van der Waals surface area contributed by atoms with Crippen LogP contribution in [0, 0.1) is 17.3 Å². The monoisotopic (exact) mass is 824 g/mol. The fourth-order valence-electron chi connectivity index (χ4n) is 7.19. The number of carboxylic acid groups (broad SMARTS) is 1. The zero-order valence-electron chi connectivity index (χ0n) is 34.2. The van der Waals surface area contributed by atoms with Gasteiger partial charge in [0.1, 0.15) is 24.0 Å². The van der Waals surface area contributed by atoms with Crippen LogP contribution in [-0.2, 0) is 51.1 Å². The summed E-state index contributed by atoms with van der Waals surface area (Å²) < 4.78 is 23.4. The lowest BCUT2D eigenvalue weighted by Crippen LogP contribution is -2.51. The lowest BCUT2D eigenvalue weighted by atomic mass is 9.92. The fourth-order valence-corrected chi connectivity index (χ4v) is 7.47. The average Bonchev–Trinajstić information content (AvgIpc) is 3.97. The number of methoxy groups -OCH3 is 1. The summed E-state index contributed by atoms with van der Waals surface area (Å²) in [6, 6.07) is 12.3. The van der Waals surface area contributed by atoms with Gasteiger partial charge in [0, 0.05) is 58.0 Å². The summed E-state index contributed by atoms with van der Waals surface area (Å²) in [6.45, 7) is 12.7. The zero-order chi connectivity index (χ0) is 42.1. The quantitative estimate of drug-likeness (QED) is 0.205. The van der Waals surface area contributed by atoms with Crippen molar-refractivity contribution in [2.75, 3.05) is 46.4 Å². The Morgan fingerprint density at radius 1 is 0.983 bits per heavy atom. The van der Waals surface area contributed by atoms with E-state index in [4.69, 9.17) is 35.7 Å². The molecule has 3 N–H and O–H groups in total. The number of carbonyl (C=O) groups is 5. The third-order valence-electron chi connectivity index (χ3n) is 10.8. The van der Waals surface area contributed by atoms with E-state index >= 15 is 0 Å². The minimum absolute atomic E-state index is 0.00824. The van der Waals surface area contributed by atoms with Crippen molar-refractivity contribution in [1.82, 2.24) is 20.4 Å². The van der Waals surface area contributed by atoms with Crippen LogP contribution in [0.3, 0.4) is 0 Å². The molecule has 0 saturated carbocycles. The number of nitrogens with one attached hydrogen (secondary N) is 2. The molecule has 0 aliphatic carbocycles. The van der Waals surface area contributed by atoms with E-state index in [-0.39, 0.29) is 56.4 Å². The molecule has 0 radical (unpaired) electrons. The summed E-state index contributed by atoms with van der Waals surface area (Å²) in [7, 11) is 1.50. The number of carboxylic acids is 1. The lowest BCUT2D eigenvalue weighted by Gasteiger charge is -2.33. The maximum absolute atomic E-state index is 13.8. The van der Waals surface area contributed by atoms with Crippen molar-refractivity contribution >= 4 is 41.3 Å². The highest BCUT2D eigenvalue weighted by molar-refractivity contribution is 6.32. The maximum Gasteiger partial charge on any atom is 0.347 e. The SMILES string of the molecule is COc1ccc(C[C@H]2NC(=O)/C=C\C[C@@H]([C@H](C)[C@H]3O[C@@H]3c3ccc(CN4CCN(CC(=O)O)CC4)cc3)OC(=O)[C@H](CC(C)C)OC(=O)C(C)(C)CNC2=O)cc1Cl. The van der Waals surface area contributed by atoms with Gasteiger partial charge in [-0.05, 0) is 61.1 Å². The maximum atomic E-state index is 13.8. The van der Waals surface area contributed by atoms with Gasteiger partial charge in [-0.2, -0.15) is 0 Å². The van der Waals surface area contributed by atoms with E-state index in [1.165, 1.54) is 13.2 Å². The van der Waals surface area contributed by atoms with E-state index in [1.807, 2.05) is 37.8 Å². The summed E-state index contributed by atoms with van der Waals surface area (Å²) in [4.78, 5) is 69.6. The Bertz CT molecular complexity index is 1810. The molecule has 3 aliphatic heterocycles. The molecule has 6 atom stereocenters. The van der Waals surface area contributed by atoms with E-state index in [2.05, 4.69) is 27.7 Å². The number of piperazine rings is 1. The third kappa shape index (κ3) is 12.5. The predicted molar refractivity (Wildman–Crippen MR) is 216 cm³/mol. The largest absolute Gasteiger partial charge is 0.495 e. The highest BCUT2D eigenvalue weighted by atomic mass is 35.5. The van der Waals surface area contributed by atoms with Crippen LogP contribution in [0.1, 0.15) is 70.3 Å². The number of cyclic esters (lactones) is 2. The van der Waals surface area contributed by atoms with Crippen LogP contribution in [0.25, 0.3) is 0 Å². The Morgan fingerprint density at radius 3 is 2.29 bits per heavy atom. The number of hydrogen-bond donors (Lipinski definition) is 3. The van der Waals surface area contributed by atoms with Crippen molar-refractivity contribution in [3.8, 4) is 5.75 Å². The summed E-state index contributed by atoms with van der Waals surface area (Å²) >= 11 is 6.35. The minimum Gasteiger partial charge on any atom is -0.495 e. The number of ether oxygens (including phenoxy) is 4. The van der Waals surface area contributed by atoms with Crippen LogP contribution in [0.2, 0.25) is 5.02 Å². The summed E-state index contributed by atoms with van der Waals surface area (Å²) in [5, 5.41) is 15.0. The van der Waals surface area contributed by atoms with Gasteiger partial charge in [-0.25, -0.2) is 4.79 Å². The van der Waals surface area contributed by atoms with Crippen molar-refractivity contribution in [2.45, 2.75) is 90.9 Å². The van der Waals surface area contributed by atoms with E-state index in [0.717, 1.165) is 30.8 Å². The molecule has 15 heteroatoms. The first-order chi connectivity index (χ1) is 27.5. The van der Waals surface area contributed by atoms with Crippen molar-refractivity contribution in [3.63, 3.8) is 0 Å². The van der Waals surface area contributed by atoms with Crippen LogP contribution in [0.4, 0.5) is 0 Å². The fraction of sp³-hybridized carbons (Fsp3) is 0.558. The van der Waals surface area contributed by atoms with Crippen LogP contribution < -0.4 is 15.4 Å². The number of esters is 2. The van der Waals surface area contributed by atoms with Gasteiger partial charge in [0.2, 0.25) is 11.8 Å². The number of rotatable bonds is 12. The third-order valence-corrected chi connectivity index (χ3v) is 11.1. The van der Waals surface area contributed by atoms with E-state index < -0.39 is 53.4 Å². The number of benzene rings is 2. The molecule has 2 saturated heterocycles. The normalized spacial score (nSPS) is 26.2. The molecular weight excluding hydrogens is 768 g/mol. The van der Waals surface area contributed by atoms with Crippen molar-refractivity contribution < 1.29 is 48.0 Å². The van der Waals surface area contributed by atoms with Gasteiger partial charge in [-0.15, -0.1) is 0 Å². The Hall–Kier alpha value is -4.50. The molecule has 2 fully saturated rings. The molecule has 14 nitrogen and oxygen atoms in total. The molecule has 3 aliphatic rings. The minimum atomic E-state index is -1.23. The molecular formula is C43H57ClN4O10. The second-order valence-electron chi connectivity index (χ2n) is 16.5.